The number of ether oxygens (including phenoxy) is 1. The summed E-state index contributed by atoms with van der Waals surface area (Å²) in [5.41, 5.74) is 3.08. The van der Waals surface area contributed by atoms with Crippen LogP contribution in [0.1, 0.15) is 11.1 Å². The summed E-state index contributed by atoms with van der Waals surface area (Å²) in [6.45, 7) is -0.379. The smallest absolute Gasteiger partial charge is 0.341 e. The van der Waals surface area contributed by atoms with Crippen LogP contribution in [0.4, 0.5) is 0 Å². The zero-order valence-electron chi connectivity index (χ0n) is 15.6. The molecule has 0 atom stereocenters. The predicted molar refractivity (Wildman–Crippen MR) is 128 cm³/mol. The van der Waals surface area contributed by atoms with E-state index in [1.807, 2.05) is 60.7 Å². The zero-order chi connectivity index (χ0) is 21.5. The third-order valence-corrected chi connectivity index (χ3v) is 6.07. The number of rotatable bonds is 8. The van der Waals surface area contributed by atoms with E-state index in [0.717, 1.165) is 27.3 Å². The van der Waals surface area contributed by atoms with E-state index >= 15 is 0 Å². The Balaban J connectivity index is 1.79. The summed E-state index contributed by atoms with van der Waals surface area (Å²) < 4.78 is 5.95. The molecule has 30 heavy (non-hydrogen) atoms. The standard InChI is InChI=1S/C23H17BrCl2O3S/c24-21-13-19(7-8-22(21)29-14-23(27)28)30-10-9-20(15-3-1-5-17(25)11-15)16-4-2-6-18(26)12-16/h1-9,11-13H,10,14H2,(H,27,28). The predicted octanol–water partition coefficient (Wildman–Crippen LogP) is 7.44. The molecule has 0 bridgehead atoms. The van der Waals surface area contributed by atoms with Gasteiger partial charge >= 0.3 is 5.97 Å². The molecule has 1 N–H and O–H groups in total. The number of benzene rings is 3. The number of thioether (sulfide) groups is 1. The van der Waals surface area contributed by atoms with Crippen LogP contribution >= 0.6 is 50.9 Å². The number of carboxylic acids is 1. The van der Waals surface area contributed by atoms with Gasteiger partial charge in [0.25, 0.3) is 0 Å². The maximum atomic E-state index is 10.7. The van der Waals surface area contributed by atoms with Crippen LogP contribution in [-0.4, -0.2) is 23.4 Å². The van der Waals surface area contributed by atoms with Crippen molar-refractivity contribution in [3.63, 3.8) is 0 Å². The van der Waals surface area contributed by atoms with Gasteiger partial charge in [0.05, 0.1) is 4.47 Å². The van der Waals surface area contributed by atoms with Crippen LogP contribution in [0.3, 0.4) is 0 Å². The van der Waals surface area contributed by atoms with E-state index in [4.69, 9.17) is 33.0 Å². The number of carbonyl (C=O) groups is 1. The van der Waals surface area contributed by atoms with Gasteiger partial charge in [-0.25, -0.2) is 4.79 Å². The highest BCUT2D eigenvalue weighted by Crippen LogP contribution is 2.32. The topological polar surface area (TPSA) is 46.5 Å². The van der Waals surface area contributed by atoms with Crippen molar-refractivity contribution in [2.45, 2.75) is 4.90 Å². The summed E-state index contributed by atoms with van der Waals surface area (Å²) >= 11 is 17.5. The second kappa shape index (κ2) is 10.9. The van der Waals surface area contributed by atoms with Crippen molar-refractivity contribution >= 4 is 62.4 Å². The van der Waals surface area contributed by atoms with E-state index < -0.39 is 5.97 Å². The van der Waals surface area contributed by atoms with E-state index in [1.165, 1.54) is 0 Å². The van der Waals surface area contributed by atoms with Gasteiger partial charge in [0.15, 0.2) is 6.61 Å². The molecule has 3 rings (SSSR count). The fourth-order valence-electron chi connectivity index (χ4n) is 2.76. The molecule has 7 heteroatoms. The first-order chi connectivity index (χ1) is 14.4. The molecule has 3 nitrogen and oxygen atoms in total. The minimum atomic E-state index is -1.01. The first-order valence-electron chi connectivity index (χ1n) is 8.91. The SMILES string of the molecule is O=C(O)COc1ccc(SCC=C(c2cccc(Cl)c2)c2cccc(Cl)c2)cc1Br. The molecule has 0 radical (unpaired) electrons. The van der Waals surface area contributed by atoms with Gasteiger partial charge in [0.2, 0.25) is 0 Å². The fourth-order valence-corrected chi connectivity index (χ4v) is 4.60. The summed E-state index contributed by atoms with van der Waals surface area (Å²) in [5, 5.41) is 10.1. The quantitative estimate of drug-likeness (QED) is 0.311. The highest BCUT2D eigenvalue weighted by molar-refractivity contribution is 9.10. The van der Waals surface area contributed by atoms with Crippen LogP contribution < -0.4 is 4.74 Å². The molecular weight excluding hydrogens is 507 g/mol. The molecule has 0 aliphatic heterocycles. The van der Waals surface area contributed by atoms with Crippen LogP contribution in [-0.2, 0) is 4.79 Å². The van der Waals surface area contributed by atoms with Gasteiger partial charge < -0.3 is 9.84 Å². The molecule has 0 amide bonds. The van der Waals surface area contributed by atoms with Gasteiger partial charge in [-0.15, -0.1) is 11.8 Å². The molecule has 0 heterocycles. The Hall–Kier alpha value is -1.92. The monoisotopic (exact) mass is 522 g/mol. The second-order valence-electron chi connectivity index (χ2n) is 6.22. The van der Waals surface area contributed by atoms with Crippen molar-refractivity contribution in [1.82, 2.24) is 0 Å². The first kappa shape index (κ1) is 22.8. The zero-order valence-corrected chi connectivity index (χ0v) is 19.6. The molecule has 3 aromatic carbocycles. The lowest BCUT2D eigenvalue weighted by Crippen LogP contribution is -2.09. The highest BCUT2D eigenvalue weighted by Gasteiger charge is 2.08. The second-order valence-corrected chi connectivity index (χ2v) is 9.04. The first-order valence-corrected chi connectivity index (χ1v) is 11.4. The molecular formula is C23H17BrCl2O3S. The maximum Gasteiger partial charge on any atom is 0.341 e. The average Bonchev–Trinajstić information content (AvgIpc) is 2.70. The molecule has 0 aromatic heterocycles. The van der Waals surface area contributed by atoms with Gasteiger partial charge in [-0.05, 0) is 75.1 Å². The minimum absolute atomic E-state index is 0.379. The van der Waals surface area contributed by atoms with E-state index in [0.29, 0.717) is 20.3 Å². The number of hydrogen-bond donors (Lipinski definition) is 1. The summed E-state index contributed by atoms with van der Waals surface area (Å²) in [7, 11) is 0. The average molecular weight is 524 g/mol. The van der Waals surface area contributed by atoms with Gasteiger partial charge in [0.1, 0.15) is 5.75 Å². The van der Waals surface area contributed by atoms with Crippen molar-refractivity contribution in [2.75, 3.05) is 12.4 Å². The van der Waals surface area contributed by atoms with E-state index in [-0.39, 0.29) is 6.61 Å². The van der Waals surface area contributed by atoms with Crippen LogP contribution in [0, 0.1) is 0 Å². The maximum absolute atomic E-state index is 10.7. The third kappa shape index (κ3) is 6.54. The van der Waals surface area contributed by atoms with Crippen LogP contribution in [0.25, 0.3) is 5.57 Å². The number of hydrogen-bond acceptors (Lipinski definition) is 3. The normalized spacial score (nSPS) is 10.5. The minimum Gasteiger partial charge on any atom is -0.481 e. The van der Waals surface area contributed by atoms with Crippen molar-refractivity contribution in [2.24, 2.45) is 0 Å². The Morgan fingerprint density at radius 1 is 1.00 bits per heavy atom. The molecule has 0 saturated heterocycles. The van der Waals surface area contributed by atoms with Crippen molar-refractivity contribution in [3.8, 4) is 5.75 Å². The van der Waals surface area contributed by atoms with Gasteiger partial charge in [-0.3, -0.25) is 0 Å². The Labute approximate surface area is 197 Å². The van der Waals surface area contributed by atoms with Crippen LogP contribution in [0.15, 0.2) is 82.2 Å². The van der Waals surface area contributed by atoms with Gasteiger partial charge in [0, 0.05) is 20.7 Å². The molecule has 0 saturated carbocycles. The lowest BCUT2D eigenvalue weighted by Gasteiger charge is -2.11. The lowest BCUT2D eigenvalue weighted by molar-refractivity contribution is -0.139. The van der Waals surface area contributed by atoms with E-state index in [9.17, 15) is 4.79 Å². The Bertz CT molecular complexity index is 1040. The Kier molecular flexibility index (Phi) is 8.28. The summed E-state index contributed by atoms with van der Waals surface area (Å²) in [6, 6.07) is 21.0. The van der Waals surface area contributed by atoms with Crippen molar-refractivity contribution < 1.29 is 14.6 Å². The summed E-state index contributed by atoms with van der Waals surface area (Å²) in [6.07, 6.45) is 2.14. The molecule has 0 unspecified atom stereocenters. The molecule has 0 fully saturated rings. The number of aliphatic carboxylic acids is 1. The molecule has 154 valence electrons. The highest BCUT2D eigenvalue weighted by atomic mass is 79.9. The summed E-state index contributed by atoms with van der Waals surface area (Å²) in [5.74, 6) is 0.201. The van der Waals surface area contributed by atoms with Crippen molar-refractivity contribution in [3.05, 3.63) is 98.5 Å². The van der Waals surface area contributed by atoms with Crippen molar-refractivity contribution in [1.29, 1.82) is 0 Å². The molecule has 0 aliphatic carbocycles. The van der Waals surface area contributed by atoms with E-state index in [2.05, 4.69) is 22.0 Å². The van der Waals surface area contributed by atoms with Crippen LogP contribution in [0.2, 0.25) is 10.0 Å². The van der Waals surface area contributed by atoms with Gasteiger partial charge in [-0.1, -0.05) is 53.5 Å². The van der Waals surface area contributed by atoms with Crippen LogP contribution in [0.5, 0.6) is 5.75 Å². The van der Waals surface area contributed by atoms with E-state index in [1.54, 1.807) is 17.8 Å². The lowest BCUT2D eigenvalue weighted by atomic mass is 9.98. The summed E-state index contributed by atoms with van der Waals surface area (Å²) in [4.78, 5) is 11.7. The Morgan fingerprint density at radius 3 is 2.17 bits per heavy atom. The molecule has 3 aromatic rings. The number of halogens is 3. The largest absolute Gasteiger partial charge is 0.481 e. The molecule has 0 spiro atoms. The third-order valence-electron chi connectivity index (χ3n) is 4.06. The molecule has 0 aliphatic rings. The van der Waals surface area contributed by atoms with Gasteiger partial charge in [-0.2, -0.15) is 0 Å². The Morgan fingerprint density at radius 2 is 1.63 bits per heavy atom. The number of carboxylic acid groups (broad SMARTS) is 1. The fraction of sp³-hybridized carbons (Fsp3) is 0.0870.